The van der Waals surface area contributed by atoms with E-state index in [2.05, 4.69) is 12.6 Å². The maximum atomic E-state index is 10.5. The molecule has 5 nitrogen and oxygen atoms in total. The molecule has 0 saturated carbocycles. The molecule has 6 heteroatoms. The molecule has 1 heterocycles. The topological polar surface area (TPSA) is 68.2 Å². The molecule has 0 radical (unpaired) electrons. The molecular weight excluding hydrogens is 352 g/mol. The third-order valence-electron chi connectivity index (χ3n) is 4.54. The molecule has 0 unspecified atom stereocenters. The SMILES string of the molecule is COc1ccc(CO[C@@H]2[C@H](O)[C@H](O)[C@@H](Cc3ccccc3)O[C@H]2S)cc1. The molecule has 2 N–H and O–H groups in total. The highest BCUT2D eigenvalue weighted by atomic mass is 32.1. The largest absolute Gasteiger partial charge is 0.497 e. The summed E-state index contributed by atoms with van der Waals surface area (Å²) in [4.78, 5) is 0. The highest BCUT2D eigenvalue weighted by Gasteiger charge is 2.43. The lowest BCUT2D eigenvalue weighted by atomic mass is 9.95. The van der Waals surface area contributed by atoms with E-state index in [1.165, 1.54) is 0 Å². The number of hydrogen-bond donors (Lipinski definition) is 3. The Labute approximate surface area is 158 Å². The second-order valence-corrected chi connectivity index (χ2v) is 6.87. The monoisotopic (exact) mass is 376 g/mol. The van der Waals surface area contributed by atoms with Crippen LogP contribution in [-0.2, 0) is 22.5 Å². The minimum Gasteiger partial charge on any atom is -0.497 e. The van der Waals surface area contributed by atoms with Crippen LogP contribution in [0.15, 0.2) is 54.6 Å². The van der Waals surface area contributed by atoms with Crippen LogP contribution in [0.1, 0.15) is 11.1 Å². The van der Waals surface area contributed by atoms with Gasteiger partial charge in [-0.05, 0) is 23.3 Å². The van der Waals surface area contributed by atoms with Crippen molar-refractivity contribution < 1.29 is 24.4 Å². The Morgan fingerprint density at radius 1 is 0.962 bits per heavy atom. The van der Waals surface area contributed by atoms with Crippen molar-refractivity contribution in [2.24, 2.45) is 0 Å². The van der Waals surface area contributed by atoms with Crippen molar-refractivity contribution in [2.45, 2.75) is 42.9 Å². The van der Waals surface area contributed by atoms with Gasteiger partial charge in [0.2, 0.25) is 0 Å². The zero-order valence-corrected chi connectivity index (χ0v) is 15.5. The fourth-order valence-electron chi connectivity index (χ4n) is 3.03. The fraction of sp³-hybridized carbons (Fsp3) is 0.400. The standard InChI is InChI=1S/C20H24O5S/c1-23-15-9-7-14(8-10-15)12-24-19-18(22)17(21)16(25-20(19)26)11-13-5-3-2-4-6-13/h2-10,16-22,26H,11-12H2,1H3/t16-,17-,18-,19-,20+/m1/s1. The van der Waals surface area contributed by atoms with E-state index in [9.17, 15) is 10.2 Å². The third-order valence-corrected chi connectivity index (χ3v) is 4.96. The van der Waals surface area contributed by atoms with Gasteiger partial charge in [-0.15, -0.1) is 12.6 Å². The van der Waals surface area contributed by atoms with Crippen LogP contribution in [0.5, 0.6) is 5.75 Å². The van der Waals surface area contributed by atoms with Gasteiger partial charge < -0.3 is 24.4 Å². The zero-order valence-electron chi connectivity index (χ0n) is 14.6. The van der Waals surface area contributed by atoms with E-state index in [1.54, 1.807) is 7.11 Å². The molecule has 26 heavy (non-hydrogen) atoms. The molecule has 0 bridgehead atoms. The van der Waals surface area contributed by atoms with E-state index in [1.807, 2.05) is 54.6 Å². The van der Waals surface area contributed by atoms with E-state index >= 15 is 0 Å². The summed E-state index contributed by atoms with van der Waals surface area (Å²) >= 11 is 4.42. The summed E-state index contributed by atoms with van der Waals surface area (Å²) in [5, 5.41) is 20.9. The summed E-state index contributed by atoms with van der Waals surface area (Å²) in [6.45, 7) is 0.280. The van der Waals surface area contributed by atoms with Crippen LogP contribution in [0.4, 0.5) is 0 Å². The molecular formula is C20H24O5S. The third kappa shape index (κ3) is 4.58. The second-order valence-electron chi connectivity index (χ2n) is 6.36. The Hall–Kier alpha value is -1.57. The molecule has 2 aromatic rings. The van der Waals surface area contributed by atoms with Crippen LogP contribution in [0.3, 0.4) is 0 Å². The lowest BCUT2D eigenvalue weighted by Gasteiger charge is -2.41. The Morgan fingerprint density at radius 3 is 2.31 bits per heavy atom. The van der Waals surface area contributed by atoms with Gasteiger partial charge in [-0.3, -0.25) is 0 Å². The average Bonchev–Trinajstić information content (AvgIpc) is 2.67. The van der Waals surface area contributed by atoms with Crippen molar-refractivity contribution >= 4 is 12.6 Å². The molecule has 1 aliphatic heterocycles. The number of aliphatic hydroxyl groups excluding tert-OH is 2. The van der Waals surface area contributed by atoms with Crippen LogP contribution in [-0.4, -0.2) is 47.2 Å². The minimum atomic E-state index is -1.07. The van der Waals surface area contributed by atoms with Crippen LogP contribution >= 0.6 is 12.6 Å². The van der Waals surface area contributed by atoms with Gasteiger partial charge >= 0.3 is 0 Å². The summed E-state index contributed by atoms with van der Waals surface area (Å²) in [7, 11) is 1.61. The van der Waals surface area contributed by atoms with Crippen molar-refractivity contribution in [3.05, 3.63) is 65.7 Å². The smallest absolute Gasteiger partial charge is 0.129 e. The van der Waals surface area contributed by atoms with Crippen LogP contribution in [0.25, 0.3) is 0 Å². The molecule has 0 aromatic heterocycles. The molecule has 2 aromatic carbocycles. The van der Waals surface area contributed by atoms with Crippen molar-refractivity contribution in [1.82, 2.24) is 0 Å². The maximum absolute atomic E-state index is 10.5. The highest BCUT2D eigenvalue weighted by Crippen LogP contribution is 2.28. The number of methoxy groups -OCH3 is 1. The lowest BCUT2D eigenvalue weighted by molar-refractivity contribution is -0.213. The first-order valence-corrected chi connectivity index (χ1v) is 9.08. The van der Waals surface area contributed by atoms with Gasteiger partial charge in [-0.1, -0.05) is 42.5 Å². The number of thiol groups is 1. The highest BCUT2D eigenvalue weighted by molar-refractivity contribution is 7.80. The predicted molar refractivity (Wildman–Crippen MR) is 101 cm³/mol. The molecule has 1 saturated heterocycles. The van der Waals surface area contributed by atoms with Gasteiger partial charge in [0, 0.05) is 6.42 Å². The van der Waals surface area contributed by atoms with Crippen molar-refractivity contribution in [2.75, 3.05) is 7.11 Å². The van der Waals surface area contributed by atoms with Crippen molar-refractivity contribution in [1.29, 1.82) is 0 Å². The zero-order chi connectivity index (χ0) is 18.5. The molecule has 140 valence electrons. The Morgan fingerprint density at radius 2 is 1.65 bits per heavy atom. The van der Waals surface area contributed by atoms with Crippen LogP contribution in [0, 0.1) is 0 Å². The molecule has 3 rings (SSSR count). The van der Waals surface area contributed by atoms with E-state index in [4.69, 9.17) is 14.2 Å². The second kappa shape index (κ2) is 8.88. The molecule has 0 aliphatic carbocycles. The van der Waals surface area contributed by atoms with E-state index < -0.39 is 29.9 Å². The molecule has 1 aliphatic rings. The number of ether oxygens (including phenoxy) is 3. The summed E-state index contributed by atoms with van der Waals surface area (Å²) < 4.78 is 16.7. The summed E-state index contributed by atoms with van der Waals surface area (Å²) in [5.74, 6) is 0.765. The number of hydrogen-bond acceptors (Lipinski definition) is 6. The molecule has 1 fully saturated rings. The Balaban J connectivity index is 1.59. The van der Waals surface area contributed by atoms with Crippen molar-refractivity contribution in [3.8, 4) is 5.75 Å². The Kier molecular flexibility index (Phi) is 6.56. The molecule has 0 amide bonds. The van der Waals surface area contributed by atoms with Gasteiger partial charge in [0.1, 0.15) is 29.5 Å². The molecule has 5 atom stereocenters. The molecule has 0 spiro atoms. The Bertz CT molecular complexity index is 678. The predicted octanol–water partition coefficient (Wildman–Crippen LogP) is 2.20. The number of benzene rings is 2. The van der Waals surface area contributed by atoms with E-state index in [-0.39, 0.29) is 6.61 Å². The first-order valence-electron chi connectivity index (χ1n) is 8.56. The quantitative estimate of drug-likeness (QED) is 0.675. The van der Waals surface area contributed by atoms with Crippen molar-refractivity contribution in [3.63, 3.8) is 0 Å². The van der Waals surface area contributed by atoms with Gasteiger partial charge in [0.15, 0.2) is 0 Å². The number of aliphatic hydroxyl groups is 2. The van der Waals surface area contributed by atoms with Gasteiger partial charge in [-0.2, -0.15) is 0 Å². The van der Waals surface area contributed by atoms with E-state index in [0.29, 0.717) is 6.42 Å². The number of rotatable bonds is 6. The average molecular weight is 376 g/mol. The fourth-order valence-corrected chi connectivity index (χ4v) is 3.45. The van der Waals surface area contributed by atoms with Gasteiger partial charge in [0.25, 0.3) is 0 Å². The lowest BCUT2D eigenvalue weighted by Crippen LogP contribution is -2.57. The van der Waals surface area contributed by atoms with Gasteiger partial charge in [-0.25, -0.2) is 0 Å². The summed E-state index contributed by atoms with van der Waals surface area (Å²) in [5.41, 5.74) is 1.33. The minimum absolute atomic E-state index is 0.280. The normalized spacial score (nSPS) is 28.7. The van der Waals surface area contributed by atoms with Crippen LogP contribution < -0.4 is 4.74 Å². The maximum Gasteiger partial charge on any atom is 0.129 e. The summed E-state index contributed by atoms with van der Waals surface area (Å²) in [6, 6.07) is 17.2. The van der Waals surface area contributed by atoms with E-state index in [0.717, 1.165) is 16.9 Å². The van der Waals surface area contributed by atoms with Gasteiger partial charge in [0.05, 0.1) is 19.8 Å². The first kappa shape index (κ1) is 19.2. The summed E-state index contributed by atoms with van der Waals surface area (Å²) in [6.07, 6.45) is -2.86. The van der Waals surface area contributed by atoms with Crippen LogP contribution in [0.2, 0.25) is 0 Å². The first-order chi connectivity index (χ1) is 12.6.